The van der Waals surface area contributed by atoms with Crippen LogP contribution < -0.4 is 10.6 Å². The zero-order valence-electron chi connectivity index (χ0n) is 13.7. The summed E-state index contributed by atoms with van der Waals surface area (Å²) in [5.41, 5.74) is 0.403. The van der Waals surface area contributed by atoms with Crippen molar-refractivity contribution < 1.29 is 18.4 Å². The number of halogens is 2. The molecule has 0 aliphatic heterocycles. The molecule has 0 spiro atoms. The Morgan fingerprint density at radius 3 is 2.20 bits per heavy atom. The fraction of sp³-hybridized carbons (Fsp3) is 0.263. The summed E-state index contributed by atoms with van der Waals surface area (Å²) in [5.74, 6) is -2.61. The predicted octanol–water partition coefficient (Wildman–Crippen LogP) is 3.88. The highest BCUT2D eigenvalue weighted by atomic mass is 19.1. The van der Waals surface area contributed by atoms with Crippen LogP contribution in [-0.2, 0) is 16.0 Å². The van der Waals surface area contributed by atoms with Gasteiger partial charge in [-0.15, -0.1) is 0 Å². The lowest BCUT2D eigenvalue weighted by Crippen LogP contribution is -2.35. The molecule has 1 aliphatic carbocycles. The van der Waals surface area contributed by atoms with E-state index in [1.165, 1.54) is 0 Å². The summed E-state index contributed by atoms with van der Waals surface area (Å²) < 4.78 is 26.6. The van der Waals surface area contributed by atoms with E-state index in [1.807, 2.05) is 19.1 Å². The molecule has 0 radical (unpaired) electrons. The Kier molecular flexibility index (Phi) is 4.53. The summed E-state index contributed by atoms with van der Waals surface area (Å²) in [6, 6.07) is 10.2. The lowest BCUT2D eigenvalue weighted by atomic mass is 10.0. The van der Waals surface area contributed by atoms with Gasteiger partial charge in [-0.3, -0.25) is 9.59 Å². The van der Waals surface area contributed by atoms with Crippen molar-refractivity contribution in [3.8, 4) is 0 Å². The lowest BCUT2D eigenvalue weighted by Gasteiger charge is -2.16. The van der Waals surface area contributed by atoms with E-state index in [2.05, 4.69) is 10.6 Å². The first-order chi connectivity index (χ1) is 11.9. The van der Waals surface area contributed by atoms with Crippen molar-refractivity contribution in [1.29, 1.82) is 0 Å². The summed E-state index contributed by atoms with van der Waals surface area (Å²) in [6.45, 7) is 2.03. The van der Waals surface area contributed by atoms with E-state index in [9.17, 15) is 18.4 Å². The standard InChI is InChI=1S/C19H18F2N2O2/c1-2-12-3-6-14(7-4-12)22-17(24)19(9-10-19)18(25)23-16-8-5-13(20)11-15(16)21/h3-8,11H,2,9-10H2,1H3,(H,22,24)(H,23,25). The molecule has 1 saturated carbocycles. The third kappa shape index (κ3) is 3.52. The Morgan fingerprint density at radius 2 is 1.64 bits per heavy atom. The molecule has 1 aliphatic rings. The van der Waals surface area contributed by atoms with Crippen LogP contribution >= 0.6 is 0 Å². The third-order valence-corrected chi connectivity index (χ3v) is 4.42. The molecule has 2 aromatic carbocycles. The maximum atomic E-state index is 13.7. The van der Waals surface area contributed by atoms with Crippen LogP contribution in [-0.4, -0.2) is 11.8 Å². The monoisotopic (exact) mass is 344 g/mol. The molecule has 6 heteroatoms. The maximum Gasteiger partial charge on any atom is 0.240 e. The molecular formula is C19H18F2N2O2. The van der Waals surface area contributed by atoms with Gasteiger partial charge < -0.3 is 10.6 Å². The Hall–Kier alpha value is -2.76. The van der Waals surface area contributed by atoms with Crippen molar-refractivity contribution in [2.75, 3.05) is 10.6 Å². The largest absolute Gasteiger partial charge is 0.325 e. The molecule has 0 heterocycles. The summed E-state index contributed by atoms with van der Waals surface area (Å²) >= 11 is 0. The zero-order valence-corrected chi connectivity index (χ0v) is 13.7. The number of benzene rings is 2. The van der Waals surface area contributed by atoms with E-state index in [0.717, 1.165) is 24.1 Å². The fourth-order valence-corrected chi connectivity index (χ4v) is 2.59. The Bertz CT molecular complexity index is 815. The normalized spacial score (nSPS) is 14.7. The van der Waals surface area contributed by atoms with Gasteiger partial charge in [-0.1, -0.05) is 19.1 Å². The van der Waals surface area contributed by atoms with E-state index in [4.69, 9.17) is 0 Å². The number of carbonyl (C=O) groups excluding carboxylic acids is 2. The van der Waals surface area contributed by atoms with Crippen LogP contribution in [0.1, 0.15) is 25.3 Å². The van der Waals surface area contributed by atoms with Crippen LogP contribution in [0.2, 0.25) is 0 Å². The molecule has 130 valence electrons. The number of hydrogen-bond donors (Lipinski definition) is 2. The number of aryl methyl sites for hydroxylation is 1. The minimum absolute atomic E-state index is 0.141. The predicted molar refractivity (Wildman–Crippen MR) is 91.1 cm³/mol. The molecule has 0 atom stereocenters. The molecule has 2 amide bonds. The SMILES string of the molecule is CCc1ccc(NC(=O)C2(C(=O)Nc3ccc(F)cc3F)CC2)cc1. The van der Waals surface area contributed by atoms with Crippen LogP contribution in [0.5, 0.6) is 0 Å². The first-order valence-electron chi connectivity index (χ1n) is 8.11. The molecular weight excluding hydrogens is 326 g/mol. The summed E-state index contributed by atoms with van der Waals surface area (Å²) in [5, 5.41) is 5.12. The Labute approximate surface area is 144 Å². The average molecular weight is 344 g/mol. The minimum Gasteiger partial charge on any atom is -0.325 e. The van der Waals surface area contributed by atoms with E-state index < -0.39 is 28.9 Å². The molecule has 3 rings (SSSR count). The van der Waals surface area contributed by atoms with Crippen molar-refractivity contribution in [3.05, 3.63) is 59.7 Å². The summed E-state index contributed by atoms with van der Waals surface area (Å²) in [4.78, 5) is 24.9. The summed E-state index contributed by atoms with van der Waals surface area (Å²) in [6.07, 6.45) is 1.67. The summed E-state index contributed by atoms with van der Waals surface area (Å²) in [7, 11) is 0. The minimum atomic E-state index is -1.20. The molecule has 0 bridgehead atoms. The first-order valence-corrected chi connectivity index (χ1v) is 8.11. The van der Waals surface area contributed by atoms with Crippen molar-refractivity contribution in [2.45, 2.75) is 26.2 Å². The molecule has 0 unspecified atom stereocenters. The van der Waals surface area contributed by atoms with E-state index in [-0.39, 0.29) is 5.69 Å². The van der Waals surface area contributed by atoms with Crippen LogP contribution in [0.25, 0.3) is 0 Å². The molecule has 25 heavy (non-hydrogen) atoms. The van der Waals surface area contributed by atoms with E-state index in [0.29, 0.717) is 24.6 Å². The van der Waals surface area contributed by atoms with Crippen LogP contribution in [0.3, 0.4) is 0 Å². The highest BCUT2D eigenvalue weighted by molar-refractivity contribution is 6.16. The molecule has 2 N–H and O–H groups in total. The second-order valence-corrected chi connectivity index (χ2v) is 6.17. The van der Waals surface area contributed by atoms with E-state index >= 15 is 0 Å². The number of amides is 2. The topological polar surface area (TPSA) is 58.2 Å². The molecule has 0 saturated heterocycles. The highest BCUT2D eigenvalue weighted by Crippen LogP contribution is 2.47. The van der Waals surface area contributed by atoms with Crippen molar-refractivity contribution in [1.82, 2.24) is 0 Å². The van der Waals surface area contributed by atoms with Crippen LogP contribution in [0.15, 0.2) is 42.5 Å². The maximum absolute atomic E-state index is 13.7. The van der Waals surface area contributed by atoms with Crippen molar-refractivity contribution >= 4 is 23.2 Å². The first kappa shape index (κ1) is 17.1. The quantitative estimate of drug-likeness (QED) is 0.809. The number of hydrogen-bond acceptors (Lipinski definition) is 2. The lowest BCUT2D eigenvalue weighted by molar-refractivity contribution is -0.131. The smallest absolute Gasteiger partial charge is 0.240 e. The van der Waals surface area contributed by atoms with Crippen molar-refractivity contribution in [2.24, 2.45) is 5.41 Å². The molecule has 4 nitrogen and oxygen atoms in total. The average Bonchev–Trinajstić information content (AvgIpc) is 3.40. The third-order valence-electron chi connectivity index (χ3n) is 4.42. The van der Waals surface area contributed by atoms with Gasteiger partial charge in [0.05, 0.1) is 5.69 Å². The fourth-order valence-electron chi connectivity index (χ4n) is 2.59. The van der Waals surface area contributed by atoms with Gasteiger partial charge in [0, 0.05) is 11.8 Å². The van der Waals surface area contributed by atoms with Crippen LogP contribution in [0, 0.1) is 17.0 Å². The van der Waals surface area contributed by atoms with Gasteiger partial charge >= 0.3 is 0 Å². The van der Waals surface area contributed by atoms with Crippen LogP contribution in [0.4, 0.5) is 20.2 Å². The zero-order chi connectivity index (χ0) is 18.0. The van der Waals surface area contributed by atoms with Gasteiger partial charge in [0.15, 0.2) is 0 Å². The van der Waals surface area contributed by atoms with Gasteiger partial charge in [-0.2, -0.15) is 0 Å². The van der Waals surface area contributed by atoms with Gasteiger partial charge in [-0.25, -0.2) is 8.78 Å². The van der Waals surface area contributed by atoms with E-state index in [1.54, 1.807) is 12.1 Å². The van der Waals surface area contributed by atoms with Gasteiger partial charge in [0.25, 0.3) is 0 Å². The molecule has 2 aromatic rings. The Morgan fingerprint density at radius 1 is 1.00 bits per heavy atom. The molecule has 1 fully saturated rings. The number of nitrogens with one attached hydrogen (secondary N) is 2. The second kappa shape index (κ2) is 6.63. The van der Waals surface area contributed by atoms with Gasteiger partial charge in [0.1, 0.15) is 17.0 Å². The Balaban J connectivity index is 1.69. The second-order valence-electron chi connectivity index (χ2n) is 6.17. The number of carbonyl (C=O) groups is 2. The number of anilines is 2. The van der Waals surface area contributed by atoms with Crippen molar-refractivity contribution in [3.63, 3.8) is 0 Å². The number of rotatable bonds is 5. The molecule has 0 aromatic heterocycles. The van der Waals surface area contributed by atoms with Gasteiger partial charge in [0.2, 0.25) is 11.8 Å². The highest BCUT2D eigenvalue weighted by Gasteiger charge is 2.56. The van der Waals surface area contributed by atoms with Gasteiger partial charge in [-0.05, 0) is 49.1 Å².